The molecule has 0 aliphatic heterocycles. The summed E-state index contributed by atoms with van der Waals surface area (Å²) in [4.78, 5) is 0.0367. The summed E-state index contributed by atoms with van der Waals surface area (Å²) in [7, 11) is -3.28. The molecule has 0 bridgehead atoms. The van der Waals surface area contributed by atoms with Crippen molar-refractivity contribution in [3.8, 4) is 6.07 Å². The van der Waals surface area contributed by atoms with Gasteiger partial charge in [-0.3, -0.25) is 0 Å². The van der Waals surface area contributed by atoms with E-state index in [1.807, 2.05) is 6.07 Å². The summed E-state index contributed by atoms with van der Waals surface area (Å²) < 4.78 is 22.3. The quantitative estimate of drug-likeness (QED) is 0.739. The van der Waals surface area contributed by atoms with E-state index < -0.39 is 9.84 Å². The molecule has 1 aromatic rings. The smallest absolute Gasteiger partial charge is 0.175 e. The zero-order valence-corrected chi connectivity index (χ0v) is 8.50. The summed E-state index contributed by atoms with van der Waals surface area (Å²) in [6.07, 6.45) is 1.09. The van der Waals surface area contributed by atoms with Gasteiger partial charge in [0.25, 0.3) is 0 Å². The predicted molar refractivity (Wildman–Crippen MR) is 55.0 cm³/mol. The molecule has 0 N–H and O–H groups in total. The largest absolute Gasteiger partial charge is 0.224 e. The highest BCUT2D eigenvalue weighted by molar-refractivity contribution is 7.99. The van der Waals surface area contributed by atoms with E-state index in [9.17, 15) is 8.42 Å². The fraction of sp³-hybridized carbons (Fsp3) is 0.100. The number of rotatable bonds is 2. The summed E-state index contributed by atoms with van der Waals surface area (Å²) in [5.74, 6) is 0. The van der Waals surface area contributed by atoms with Gasteiger partial charge in [0, 0.05) is 6.26 Å². The lowest BCUT2D eigenvalue weighted by molar-refractivity contribution is 0.611. The number of hydrogen-bond donors (Lipinski definition) is 0. The van der Waals surface area contributed by atoms with Gasteiger partial charge in [-0.1, -0.05) is 18.7 Å². The van der Waals surface area contributed by atoms with Crippen LogP contribution < -0.4 is 0 Å². The van der Waals surface area contributed by atoms with Gasteiger partial charge in [0.1, 0.15) is 0 Å². The van der Waals surface area contributed by atoms with Crippen LogP contribution in [0.15, 0.2) is 30.8 Å². The number of nitriles is 1. The number of hydrogen-bond acceptors (Lipinski definition) is 3. The molecule has 14 heavy (non-hydrogen) atoms. The zero-order chi connectivity index (χ0) is 10.8. The van der Waals surface area contributed by atoms with Gasteiger partial charge in [-0.05, 0) is 17.7 Å². The van der Waals surface area contributed by atoms with Gasteiger partial charge in [0.15, 0.2) is 9.84 Å². The number of benzene rings is 1. The van der Waals surface area contributed by atoms with Crippen molar-refractivity contribution in [2.75, 3.05) is 6.26 Å². The average molecular weight is 207 g/mol. The zero-order valence-electron chi connectivity index (χ0n) is 7.69. The molecule has 0 saturated carbocycles. The minimum absolute atomic E-state index is 0.0367. The van der Waals surface area contributed by atoms with Crippen LogP contribution in [0.3, 0.4) is 0 Å². The van der Waals surface area contributed by atoms with E-state index in [1.165, 1.54) is 6.07 Å². The number of sulfone groups is 1. The average Bonchev–Trinajstić information content (AvgIpc) is 2.15. The molecule has 0 unspecified atom stereocenters. The molecular weight excluding hydrogens is 198 g/mol. The van der Waals surface area contributed by atoms with Crippen LogP contribution in [0.1, 0.15) is 11.1 Å². The molecule has 0 fully saturated rings. The first-order valence-electron chi connectivity index (χ1n) is 3.84. The van der Waals surface area contributed by atoms with Crippen LogP contribution in [0.4, 0.5) is 0 Å². The maximum atomic E-state index is 11.1. The number of nitrogens with zero attached hydrogens (tertiary/aromatic N) is 1. The lowest BCUT2D eigenvalue weighted by Gasteiger charge is -2.02. The highest BCUT2D eigenvalue weighted by Gasteiger charge is 2.10. The second-order valence-corrected chi connectivity index (χ2v) is 4.93. The van der Waals surface area contributed by atoms with Crippen molar-refractivity contribution < 1.29 is 8.42 Å². The Hall–Kier alpha value is -1.60. The molecule has 0 amide bonds. The summed E-state index contributed by atoms with van der Waals surface area (Å²) in [5.41, 5.74) is 0.888. The molecule has 0 aliphatic rings. The Bertz CT molecular complexity index is 509. The van der Waals surface area contributed by atoms with Crippen molar-refractivity contribution in [2.45, 2.75) is 0 Å². The van der Waals surface area contributed by atoms with Crippen molar-refractivity contribution >= 4 is 14.7 Å². The second kappa shape index (κ2) is 3.64. The summed E-state index contributed by atoms with van der Waals surface area (Å²) >= 11 is 0. The highest BCUT2D eigenvalue weighted by Crippen LogP contribution is 2.18. The standard InChI is InChI=1S/C10H9NO2S/c1-8(14(2,12)13)10-5-3-4-9(6-10)7-11/h3-6H,1H2,2H3. The van der Waals surface area contributed by atoms with Gasteiger partial charge < -0.3 is 0 Å². The molecule has 0 aliphatic carbocycles. The lowest BCUT2D eigenvalue weighted by Crippen LogP contribution is -1.98. The molecule has 0 heterocycles. The Balaban J connectivity index is 3.23. The molecule has 0 spiro atoms. The van der Waals surface area contributed by atoms with Crippen LogP contribution in [0.5, 0.6) is 0 Å². The van der Waals surface area contributed by atoms with Crippen LogP contribution in [0.25, 0.3) is 4.91 Å². The molecule has 0 saturated heterocycles. The first-order chi connectivity index (χ1) is 6.45. The first kappa shape index (κ1) is 10.5. The topological polar surface area (TPSA) is 57.9 Å². The van der Waals surface area contributed by atoms with Gasteiger partial charge >= 0.3 is 0 Å². The maximum Gasteiger partial charge on any atom is 0.175 e. The third kappa shape index (κ3) is 2.21. The van der Waals surface area contributed by atoms with Crippen molar-refractivity contribution in [1.29, 1.82) is 5.26 Å². The van der Waals surface area contributed by atoms with Gasteiger partial charge in [-0.15, -0.1) is 0 Å². The van der Waals surface area contributed by atoms with E-state index in [0.29, 0.717) is 11.1 Å². The highest BCUT2D eigenvalue weighted by atomic mass is 32.2. The Morgan fingerprint density at radius 1 is 1.50 bits per heavy atom. The second-order valence-electron chi connectivity index (χ2n) is 2.89. The minimum Gasteiger partial charge on any atom is -0.224 e. The normalized spacial score (nSPS) is 10.6. The van der Waals surface area contributed by atoms with E-state index in [-0.39, 0.29) is 4.91 Å². The molecule has 1 rings (SSSR count). The molecule has 3 nitrogen and oxygen atoms in total. The summed E-state index contributed by atoms with van der Waals surface area (Å²) in [6, 6.07) is 8.30. The minimum atomic E-state index is -3.28. The summed E-state index contributed by atoms with van der Waals surface area (Å²) in [6.45, 7) is 3.47. The fourth-order valence-electron chi connectivity index (χ4n) is 0.976. The molecule has 4 heteroatoms. The van der Waals surface area contributed by atoms with Crippen LogP contribution >= 0.6 is 0 Å². The van der Waals surface area contributed by atoms with E-state index in [4.69, 9.17) is 5.26 Å². The molecule has 1 aromatic carbocycles. The Kier molecular flexibility index (Phi) is 2.73. The van der Waals surface area contributed by atoms with Crippen molar-refractivity contribution in [3.63, 3.8) is 0 Å². The van der Waals surface area contributed by atoms with Crippen LogP contribution in [-0.2, 0) is 9.84 Å². The molecular formula is C10H9NO2S. The van der Waals surface area contributed by atoms with Gasteiger partial charge in [0.05, 0.1) is 16.5 Å². The van der Waals surface area contributed by atoms with E-state index in [2.05, 4.69) is 6.58 Å². The van der Waals surface area contributed by atoms with Crippen molar-refractivity contribution in [3.05, 3.63) is 42.0 Å². The Labute approximate surface area is 83.2 Å². The van der Waals surface area contributed by atoms with E-state index in [0.717, 1.165) is 6.26 Å². The third-order valence-electron chi connectivity index (χ3n) is 1.76. The SMILES string of the molecule is C=C(c1cccc(C#N)c1)S(C)(=O)=O. The fourth-order valence-corrected chi connectivity index (χ4v) is 1.53. The Morgan fingerprint density at radius 2 is 2.14 bits per heavy atom. The predicted octanol–water partition coefficient (Wildman–Crippen LogP) is 1.57. The summed E-state index contributed by atoms with van der Waals surface area (Å²) in [5, 5.41) is 8.62. The van der Waals surface area contributed by atoms with Crippen LogP contribution in [0, 0.1) is 11.3 Å². The van der Waals surface area contributed by atoms with Crippen molar-refractivity contribution in [1.82, 2.24) is 0 Å². The van der Waals surface area contributed by atoms with Crippen molar-refractivity contribution in [2.24, 2.45) is 0 Å². The van der Waals surface area contributed by atoms with Crippen LogP contribution in [0.2, 0.25) is 0 Å². The van der Waals surface area contributed by atoms with Gasteiger partial charge in [-0.25, -0.2) is 8.42 Å². The first-order valence-corrected chi connectivity index (χ1v) is 5.74. The van der Waals surface area contributed by atoms with Gasteiger partial charge in [0.2, 0.25) is 0 Å². The van der Waals surface area contributed by atoms with E-state index >= 15 is 0 Å². The monoisotopic (exact) mass is 207 g/mol. The maximum absolute atomic E-state index is 11.1. The van der Waals surface area contributed by atoms with E-state index in [1.54, 1.807) is 18.2 Å². The molecule has 0 radical (unpaired) electrons. The van der Waals surface area contributed by atoms with Crippen LogP contribution in [-0.4, -0.2) is 14.7 Å². The molecule has 72 valence electrons. The lowest BCUT2D eigenvalue weighted by atomic mass is 10.1. The Morgan fingerprint density at radius 3 is 2.64 bits per heavy atom. The molecule has 0 aromatic heterocycles. The van der Waals surface area contributed by atoms with Gasteiger partial charge in [-0.2, -0.15) is 5.26 Å². The molecule has 0 atom stereocenters. The third-order valence-corrected chi connectivity index (χ3v) is 2.89.